The summed E-state index contributed by atoms with van der Waals surface area (Å²) in [4.78, 5) is 0. The van der Waals surface area contributed by atoms with Gasteiger partial charge in [-0.05, 0) is 43.4 Å². The molecule has 1 heterocycles. The topological polar surface area (TPSA) is 65.0 Å². The highest BCUT2D eigenvalue weighted by molar-refractivity contribution is 7.53. The van der Waals surface area contributed by atoms with Crippen molar-refractivity contribution in [3.05, 3.63) is 0 Å². The van der Waals surface area contributed by atoms with Crippen molar-refractivity contribution < 1.29 is 23.5 Å². The molecule has 0 aliphatic carbocycles. The van der Waals surface area contributed by atoms with Gasteiger partial charge in [0.05, 0.1) is 24.4 Å². The molecule has 1 aliphatic heterocycles. The monoisotopic (exact) mass is 434 g/mol. The summed E-state index contributed by atoms with van der Waals surface area (Å²) in [6.45, 7) is 21.1. The van der Waals surface area contributed by atoms with Crippen LogP contribution in [0.4, 0.5) is 0 Å². The van der Waals surface area contributed by atoms with Crippen LogP contribution in [0.5, 0.6) is 0 Å². The molecule has 0 saturated carbocycles. The first-order chi connectivity index (χ1) is 13.3. The Labute approximate surface area is 179 Å². The molecule has 1 aliphatic rings. The second kappa shape index (κ2) is 11.1. The van der Waals surface area contributed by atoms with Crippen LogP contribution in [0.15, 0.2) is 0 Å². The molecule has 6 heteroatoms. The Morgan fingerprint density at radius 3 is 2.14 bits per heavy atom. The quantitative estimate of drug-likeness (QED) is 0.374. The fourth-order valence-electron chi connectivity index (χ4n) is 4.70. The van der Waals surface area contributed by atoms with E-state index in [2.05, 4.69) is 55.4 Å². The zero-order valence-corrected chi connectivity index (χ0v) is 21.4. The minimum Gasteiger partial charge on any atom is -0.394 e. The molecule has 0 radical (unpaired) electrons. The molecule has 0 spiro atoms. The van der Waals surface area contributed by atoms with Gasteiger partial charge in [0.25, 0.3) is 0 Å². The third-order valence-electron chi connectivity index (χ3n) is 7.89. The van der Waals surface area contributed by atoms with Crippen molar-refractivity contribution in [2.75, 3.05) is 13.3 Å². The molecular formula is C23H47O5P. The summed E-state index contributed by atoms with van der Waals surface area (Å²) in [6, 6.07) is 0. The van der Waals surface area contributed by atoms with Crippen LogP contribution < -0.4 is 0 Å². The lowest BCUT2D eigenvalue weighted by molar-refractivity contribution is -0.0769. The van der Waals surface area contributed by atoms with Crippen molar-refractivity contribution in [2.24, 2.45) is 29.6 Å². The van der Waals surface area contributed by atoms with E-state index in [1.807, 2.05) is 6.92 Å². The van der Waals surface area contributed by atoms with Crippen LogP contribution in [0.3, 0.4) is 0 Å². The Hall–Kier alpha value is 0.0700. The van der Waals surface area contributed by atoms with Crippen LogP contribution in [-0.4, -0.2) is 42.3 Å². The highest BCUT2D eigenvalue weighted by atomic mass is 31.2. The lowest BCUT2D eigenvalue weighted by atomic mass is 9.67. The lowest BCUT2D eigenvalue weighted by Crippen LogP contribution is -2.48. The Morgan fingerprint density at radius 2 is 1.66 bits per heavy atom. The van der Waals surface area contributed by atoms with E-state index in [1.54, 1.807) is 6.66 Å². The normalized spacial score (nSPS) is 32.0. The Balaban J connectivity index is 3.13. The molecule has 10 unspecified atom stereocenters. The maximum absolute atomic E-state index is 13.6. The number of ether oxygens (including phenoxy) is 1. The lowest BCUT2D eigenvalue weighted by Gasteiger charge is -2.47. The number of aliphatic hydroxyl groups excluding tert-OH is 1. The van der Waals surface area contributed by atoms with Crippen molar-refractivity contribution >= 4 is 7.60 Å². The molecule has 0 aromatic rings. The average molecular weight is 435 g/mol. The van der Waals surface area contributed by atoms with E-state index in [0.717, 1.165) is 12.8 Å². The van der Waals surface area contributed by atoms with E-state index < -0.39 is 25.4 Å². The first-order valence-electron chi connectivity index (χ1n) is 11.6. The molecule has 5 nitrogen and oxygen atoms in total. The zero-order valence-electron chi connectivity index (χ0n) is 20.5. The van der Waals surface area contributed by atoms with E-state index in [1.165, 1.54) is 0 Å². The maximum atomic E-state index is 13.6. The van der Waals surface area contributed by atoms with Crippen LogP contribution in [0.1, 0.15) is 81.6 Å². The molecule has 29 heavy (non-hydrogen) atoms. The Bertz CT molecular complexity index is 541. The summed E-state index contributed by atoms with van der Waals surface area (Å²) in [7, 11) is -3.37. The largest absolute Gasteiger partial charge is 0.394 e. The smallest absolute Gasteiger partial charge is 0.328 e. The van der Waals surface area contributed by atoms with E-state index in [0.29, 0.717) is 24.2 Å². The molecule has 1 fully saturated rings. The summed E-state index contributed by atoms with van der Waals surface area (Å²) in [5.41, 5.74) is -0.581. The minimum atomic E-state index is -3.37. The number of rotatable bonds is 12. The van der Waals surface area contributed by atoms with Gasteiger partial charge in [-0.1, -0.05) is 61.3 Å². The number of aliphatic hydroxyl groups is 1. The van der Waals surface area contributed by atoms with Crippen molar-refractivity contribution in [3.8, 4) is 0 Å². The second-order valence-electron chi connectivity index (χ2n) is 9.80. The molecule has 0 bridgehead atoms. The minimum absolute atomic E-state index is 0.0214. The van der Waals surface area contributed by atoms with Gasteiger partial charge in [0.15, 0.2) is 0 Å². The summed E-state index contributed by atoms with van der Waals surface area (Å²) in [5.74, 6) is 1.85. The van der Waals surface area contributed by atoms with Crippen LogP contribution in [-0.2, 0) is 18.3 Å². The SMILES string of the molecule is CCC(C)C(C)C(C)C(C)(OP(C)(=O)OC1CC(C)OC1CO)C(C)C(C)CC. The Morgan fingerprint density at radius 1 is 1.10 bits per heavy atom. The fourth-order valence-corrected chi connectivity index (χ4v) is 6.51. The van der Waals surface area contributed by atoms with Gasteiger partial charge in [0.2, 0.25) is 0 Å². The number of hydrogen-bond acceptors (Lipinski definition) is 5. The first kappa shape index (κ1) is 27.1. The van der Waals surface area contributed by atoms with E-state index >= 15 is 0 Å². The van der Waals surface area contributed by atoms with E-state index in [4.69, 9.17) is 13.8 Å². The van der Waals surface area contributed by atoms with Crippen molar-refractivity contribution in [3.63, 3.8) is 0 Å². The maximum Gasteiger partial charge on any atom is 0.328 e. The average Bonchev–Trinajstić information content (AvgIpc) is 3.02. The molecule has 1 N–H and O–H groups in total. The van der Waals surface area contributed by atoms with Crippen LogP contribution in [0.2, 0.25) is 0 Å². The molecule has 0 amide bonds. The summed E-state index contributed by atoms with van der Waals surface area (Å²) < 4.78 is 31.7. The molecular weight excluding hydrogens is 387 g/mol. The van der Waals surface area contributed by atoms with Crippen molar-refractivity contribution in [2.45, 2.75) is 105 Å². The molecule has 0 aromatic heterocycles. The van der Waals surface area contributed by atoms with Crippen LogP contribution >= 0.6 is 7.60 Å². The summed E-state index contributed by atoms with van der Waals surface area (Å²) in [5, 5.41) is 9.59. The Kier molecular flexibility index (Phi) is 10.4. The van der Waals surface area contributed by atoms with Gasteiger partial charge >= 0.3 is 7.60 Å². The van der Waals surface area contributed by atoms with E-state index in [-0.39, 0.29) is 24.5 Å². The van der Waals surface area contributed by atoms with Gasteiger partial charge in [-0.25, -0.2) is 0 Å². The molecule has 10 atom stereocenters. The van der Waals surface area contributed by atoms with Gasteiger partial charge in [0.1, 0.15) is 6.10 Å². The zero-order chi connectivity index (χ0) is 22.6. The molecule has 1 rings (SSSR count). The third kappa shape index (κ3) is 6.77. The molecule has 1 saturated heterocycles. The van der Waals surface area contributed by atoms with Crippen molar-refractivity contribution in [1.29, 1.82) is 0 Å². The van der Waals surface area contributed by atoms with Crippen LogP contribution in [0.25, 0.3) is 0 Å². The van der Waals surface area contributed by atoms with E-state index in [9.17, 15) is 9.67 Å². The standard InChI is InChI=1S/C23H47O5P/c1-11-15(3)18(6)20(8)23(9,19(7)16(4)12-2)28-29(10,25)27-21-13-17(5)26-22(21)14-24/h15-22,24H,11-14H2,1-10H3. The number of hydrogen-bond donors (Lipinski definition) is 1. The fraction of sp³-hybridized carbons (Fsp3) is 1.00. The van der Waals surface area contributed by atoms with Gasteiger partial charge in [-0.15, -0.1) is 0 Å². The van der Waals surface area contributed by atoms with Gasteiger partial charge < -0.3 is 18.9 Å². The molecule has 174 valence electrons. The second-order valence-corrected chi connectivity index (χ2v) is 11.7. The highest BCUT2D eigenvalue weighted by Crippen LogP contribution is 2.56. The van der Waals surface area contributed by atoms with Gasteiger partial charge in [-0.3, -0.25) is 4.57 Å². The van der Waals surface area contributed by atoms with Gasteiger partial charge in [-0.2, -0.15) is 0 Å². The van der Waals surface area contributed by atoms with Crippen molar-refractivity contribution in [1.82, 2.24) is 0 Å². The van der Waals surface area contributed by atoms with Gasteiger partial charge in [0, 0.05) is 13.1 Å². The van der Waals surface area contributed by atoms with Crippen LogP contribution in [0, 0.1) is 29.6 Å². The predicted molar refractivity (Wildman–Crippen MR) is 120 cm³/mol. The highest BCUT2D eigenvalue weighted by Gasteiger charge is 2.48. The summed E-state index contributed by atoms with van der Waals surface area (Å²) in [6.07, 6.45) is 1.89. The summed E-state index contributed by atoms with van der Waals surface area (Å²) >= 11 is 0. The predicted octanol–water partition coefficient (Wildman–Crippen LogP) is 6.14. The first-order valence-corrected chi connectivity index (χ1v) is 13.5. The molecule has 0 aromatic carbocycles. The third-order valence-corrected chi connectivity index (χ3v) is 9.27.